The summed E-state index contributed by atoms with van der Waals surface area (Å²) in [4.78, 5) is 0. The molecule has 3 heteroatoms. The molecule has 0 bridgehead atoms. The molecule has 302 valence electrons. The lowest BCUT2D eigenvalue weighted by atomic mass is 9.93. The minimum absolute atomic E-state index is 0.142. The molecule has 1 unspecified atom stereocenters. The molecule has 0 aliphatic heterocycles. The van der Waals surface area contributed by atoms with Gasteiger partial charge in [0.15, 0.2) is 0 Å². The van der Waals surface area contributed by atoms with Crippen molar-refractivity contribution in [1.82, 2.24) is 0 Å². The molecule has 0 aromatic heterocycles. The van der Waals surface area contributed by atoms with Crippen molar-refractivity contribution < 1.29 is 14.2 Å². The van der Waals surface area contributed by atoms with E-state index >= 15 is 0 Å². The Hall–Kier alpha value is -0.120. The average Bonchev–Trinajstić information content (AvgIpc) is 3.04. The predicted molar refractivity (Wildman–Crippen MR) is 223 cm³/mol. The molecule has 0 radical (unpaired) electrons. The number of hydrogen-bond donors (Lipinski definition) is 0. The molecule has 0 aromatic rings. The smallest absolute Gasteiger partial charge is 0.287 e. The summed E-state index contributed by atoms with van der Waals surface area (Å²) in [6.07, 6.45) is 39.7. The van der Waals surface area contributed by atoms with Crippen LogP contribution in [0.15, 0.2) is 0 Å². The zero-order valence-electron chi connectivity index (χ0n) is 36.7. The van der Waals surface area contributed by atoms with Crippen LogP contribution in [0.1, 0.15) is 275 Å². The minimum atomic E-state index is -1.07. The van der Waals surface area contributed by atoms with Gasteiger partial charge in [-0.05, 0) is 67.2 Å². The fourth-order valence-electron chi connectivity index (χ4n) is 7.60. The highest BCUT2D eigenvalue weighted by molar-refractivity contribution is 4.84. The molecule has 0 amide bonds. The second-order valence-electron chi connectivity index (χ2n) is 18.3. The van der Waals surface area contributed by atoms with Gasteiger partial charge in [0.05, 0.1) is 16.8 Å². The van der Waals surface area contributed by atoms with Crippen molar-refractivity contribution in [3.05, 3.63) is 0 Å². The maximum absolute atomic E-state index is 7.40. The van der Waals surface area contributed by atoms with Crippen molar-refractivity contribution in [1.29, 1.82) is 0 Å². The van der Waals surface area contributed by atoms with E-state index in [1.165, 1.54) is 173 Å². The summed E-state index contributed by atoms with van der Waals surface area (Å²) >= 11 is 0. The van der Waals surface area contributed by atoms with Gasteiger partial charge in [-0.2, -0.15) is 0 Å². The lowest BCUT2D eigenvalue weighted by molar-refractivity contribution is -0.471. The topological polar surface area (TPSA) is 27.7 Å². The number of ether oxygens (including phenoxy) is 3. The first kappa shape index (κ1) is 49.9. The van der Waals surface area contributed by atoms with Crippen molar-refractivity contribution in [3.63, 3.8) is 0 Å². The summed E-state index contributed by atoms with van der Waals surface area (Å²) in [5, 5.41) is 0. The molecule has 0 heterocycles. The fraction of sp³-hybridized carbons (Fsp3) is 1.00. The highest BCUT2D eigenvalue weighted by Crippen LogP contribution is 2.43. The van der Waals surface area contributed by atoms with Crippen LogP contribution in [-0.2, 0) is 14.2 Å². The Morgan fingerprint density at radius 2 is 0.540 bits per heavy atom. The summed E-state index contributed by atoms with van der Waals surface area (Å²) in [6, 6.07) is 0. The largest absolute Gasteiger partial charge is 0.321 e. The lowest BCUT2D eigenvalue weighted by Gasteiger charge is -2.50. The first-order chi connectivity index (χ1) is 23.8. The maximum atomic E-state index is 7.40. The molecule has 0 N–H and O–H groups in total. The third kappa shape index (κ3) is 27.5. The Labute approximate surface area is 317 Å². The Morgan fingerprint density at radius 3 is 0.800 bits per heavy atom. The molecular formula is C47H96O3. The Balaban J connectivity index is 6.05. The van der Waals surface area contributed by atoms with Crippen molar-refractivity contribution in [2.24, 2.45) is 5.92 Å². The van der Waals surface area contributed by atoms with Crippen molar-refractivity contribution >= 4 is 0 Å². The monoisotopic (exact) mass is 709 g/mol. The lowest BCUT2D eigenvalue weighted by Crippen LogP contribution is -2.57. The number of rotatable bonds is 38. The van der Waals surface area contributed by atoms with Crippen LogP contribution in [0.3, 0.4) is 0 Å². The maximum Gasteiger partial charge on any atom is 0.287 e. The van der Waals surface area contributed by atoms with Crippen LogP contribution in [0.2, 0.25) is 0 Å². The van der Waals surface area contributed by atoms with E-state index in [1.807, 2.05) is 0 Å². The summed E-state index contributed by atoms with van der Waals surface area (Å²) in [5.41, 5.74) is -0.990. The molecule has 0 aromatic carbocycles. The number of unbranched alkanes of at least 4 members (excludes halogenated alkanes) is 23. The van der Waals surface area contributed by atoms with Crippen molar-refractivity contribution in [2.75, 3.05) is 0 Å². The van der Waals surface area contributed by atoms with Crippen LogP contribution in [0.4, 0.5) is 0 Å². The molecular weight excluding hydrogens is 613 g/mol. The first-order valence-corrected chi connectivity index (χ1v) is 22.9. The highest BCUT2D eigenvalue weighted by Gasteiger charge is 2.50. The third-order valence-electron chi connectivity index (χ3n) is 11.0. The quantitative estimate of drug-likeness (QED) is 0.0472. The summed E-state index contributed by atoms with van der Waals surface area (Å²) in [5.74, 6) is -0.924. The molecule has 0 saturated heterocycles. The molecule has 0 fully saturated rings. The second-order valence-corrected chi connectivity index (χ2v) is 18.3. The Kier molecular flexibility index (Phi) is 30.2. The van der Waals surface area contributed by atoms with Gasteiger partial charge in [0.25, 0.3) is 5.97 Å². The predicted octanol–water partition coefficient (Wildman–Crippen LogP) is 16.8. The normalized spacial score (nSPS) is 13.7. The Morgan fingerprint density at radius 1 is 0.320 bits per heavy atom. The summed E-state index contributed by atoms with van der Waals surface area (Å²) in [6.45, 7) is 25.4. The van der Waals surface area contributed by atoms with Crippen LogP contribution in [0, 0.1) is 5.92 Å². The minimum Gasteiger partial charge on any atom is -0.321 e. The molecule has 0 saturated carbocycles. The third-order valence-corrected chi connectivity index (χ3v) is 11.0. The van der Waals surface area contributed by atoms with Gasteiger partial charge in [0.1, 0.15) is 0 Å². The van der Waals surface area contributed by atoms with Gasteiger partial charge in [0.2, 0.25) is 0 Å². The standard InChI is InChI=1S/C47H96O3/c1-12-16-20-24-28-32-36-40-44(6,7)48-47(43(5)39-35-31-27-23-19-15-4,49-45(8,9)41-37-33-29-25-21-17-13-2)50-46(10,11)42-38-34-30-26-22-18-14-3/h43H,12-42H2,1-11H3. The Bertz CT molecular complexity index is 647. The summed E-state index contributed by atoms with van der Waals surface area (Å²) < 4.78 is 22.2. The van der Waals surface area contributed by atoms with Crippen LogP contribution < -0.4 is 0 Å². The average molecular weight is 709 g/mol. The summed E-state index contributed by atoms with van der Waals surface area (Å²) in [7, 11) is 0. The highest BCUT2D eigenvalue weighted by atomic mass is 16.9. The fourth-order valence-corrected chi connectivity index (χ4v) is 7.60. The number of hydrogen-bond acceptors (Lipinski definition) is 3. The van der Waals surface area contributed by atoms with Crippen LogP contribution in [-0.4, -0.2) is 22.8 Å². The van der Waals surface area contributed by atoms with E-state index in [0.717, 1.165) is 25.7 Å². The van der Waals surface area contributed by atoms with Gasteiger partial charge in [-0.15, -0.1) is 0 Å². The van der Waals surface area contributed by atoms with Crippen LogP contribution >= 0.6 is 0 Å². The van der Waals surface area contributed by atoms with E-state index in [2.05, 4.69) is 76.2 Å². The molecule has 1 atom stereocenters. The second kappa shape index (κ2) is 30.2. The van der Waals surface area contributed by atoms with Gasteiger partial charge < -0.3 is 14.2 Å². The zero-order chi connectivity index (χ0) is 37.6. The van der Waals surface area contributed by atoms with Gasteiger partial charge in [-0.1, -0.05) is 208 Å². The molecule has 3 nitrogen and oxygen atoms in total. The van der Waals surface area contributed by atoms with Gasteiger partial charge >= 0.3 is 0 Å². The van der Waals surface area contributed by atoms with Gasteiger partial charge in [-0.25, -0.2) is 0 Å². The van der Waals surface area contributed by atoms with E-state index in [4.69, 9.17) is 14.2 Å². The molecule has 0 spiro atoms. The van der Waals surface area contributed by atoms with E-state index in [9.17, 15) is 0 Å². The van der Waals surface area contributed by atoms with Crippen molar-refractivity contribution in [3.8, 4) is 0 Å². The van der Waals surface area contributed by atoms with Crippen LogP contribution in [0.25, 0.3) is 0 Å². The molecule has 0 aliphatic rings. The SMILES string of the molecule is CCCCCCCCCC(C)(C)OC(OC(C)(C)CCCCCCCCC)(OC(C)(C)CCCCCCCCC)C(C)CCCCCCCC. The van der Waals surface area contributed by atoms with Crippen molar-refractivity contribution in [2.45, 2.75) is 298 Å². The molecule has 0 aliphatic carbocycles. The van der Waals surface area contributed by atoms with E-state index < -0.39 is 5.97 Å². The van der Waals surface area contributed by atoms with E-state index in [1.54, 1.807) is 0 Å². The van der Waals surface area contributed by atoms with Gasteiger partial charge in [0, 0.05) is 5.92 Å². The van der Waals surface area contributed by atoms with E-state index in [-0.39, 0.29) is 22.7 Å². The molecule has 50 heavy (non-hydrogen) atoms. The van der Waals surface area contributed by atoms with Gasteiger partial charge in [-0.3, -0.25) is 0 Å². The first-order valence-electron chi connectivity index (χ1n) is 22.9. The molecule has 0 rings (SSSR count). The zero-order valence-corrected chi connectivity index (χ0v) is 36.7. The van der Waals surface area contributed by atoms with Crippen LogP contribution in [0.5, 0.6) is 0 Å². The van der Waals surface area contributed by atoms with E-state index in [0.29, 0.717) is 0 Å².